The second-order valence-electron chi connectivity index (χ2n) is 6.85. The summed E-state index contributed by atoms with van der Waals surface area (Å²) in [7, 11) is 0. The molecule has 2 N–H and O–H groups in total. The Morgan fingerprint density at radius 2 is 2.11 bits per heavy atom. The summed E-state index contributed by atoms with van der Waals surface area (Å²) >= 11 is 0. The molecule has 0 radical (unpaired) electrons. The molecule has 1 saturated carbocycles. The highest BCUT2D eigenvalue weighted by atomic mass is 16.5. The van der Waals surface area contributed by atoms with Crippen molar-refractivity contribution in [3.63, 3.8) is 0 Å². The molecule has 1 heterocycles. The molecule has 2 unspecified atom stereocenters. The average molecular weight is 268 g/mol. The Hall–Kier alpha value is -0.120. The molecule has 0 aromatic carbocycles. The predicted octanol–water partition coefficient (Wildman–Crippen LogP) is 2.78. The Labute approximate surface area is 118 Å². The Balaban J connectivity index is 2.08. The van der Waals surface area contributed by atoms with Gasteiger partial charge < -0.3 is 10.5 Å². The first-order valence-electron chi connectivity index (χ1n) is 8.19. The van der Waals surface area contributed by atoms with Crippen LogP contribution in [-0.4, -0.2) is 42.3 Å². The molecular weight excluding hydrogens is 236 g/mol. The van der Waals surface area contributed by atoms with Gasteiger partial charge in [0, 0.05) is 31.3 Å². The molecule has 3 nitrogen and oxygen atoms in total. The molecule has 1 aliphatic heterocycles. The van der Waals surface area contributed by atoms with Crippen LogP contribution in [0, 0.1) is 5.92 Å². The minimum absolute atomic E-state index is 0.189. The smallest absolute Gasteiger partial charge is 0.0593 e. The predicted molar refractivity (Wildman–Crippen MR) is 80.2 cm³/mol. The summed E-state index contributed by atoms with van der Waals surface area (Å²) in [4.78, 5) is 2.70. The third kappa shape index (κ3) is 3.71. The molecule has 1 saturated heterocycles. The average Bonchev–Trinajstić information content (AvgIpc) is 3.20. The van der Waals surface area contributed by atoms with Crippen molar-refractivity contribution in [3.05, 3.63) is 0 Å². The van der Waals surface area contributed by atoms with Crippen LogP contribution >= 0.6 is 0 Å². The van der Waals surface area contributed by atoms with E-state index in [0.29, 0.717) is 12.1 Å². The first-order chi connectivity index (χ1) is 9.11. The molecule has 19 heavy (non-hydrogen) atoms. The lowest BCUT2D eigenvalue weighted by molar-refractivity contribution is -0.0839. The highest BCUT2D eigenvalue weighted by Gasteiger charge is 2.43. The van der Waals surface area contributed by atoms with Crippen LogP contribution in [0.1, 0.15) is 59.3 Å². The lowest BCUT2D eigenvalue weighted by atomic mass is 9.82. The molecule has 0 amide bonds. The number of nitrogens with zero attached hydrogens (tertiary/aromatic N) is 1. The zero-order valence-corrected chi connectivity index (χ0v) is 13.0. The molecule has 0 spiro atoms. The molecule has 112 valence electrons. The Morgan fingerprint density at radius 3 is 2.63 bits per heavy atom. The molecular formula is C16H32N2O. The topological polar surface area (TPSA) is 38.5 Å². The highest BCUT2D eigenvalue weighted by Crippen LogP contribution is 2.38. The van der Waals surface area contributed by atoms with Crippen LogP contribution in [0.2, 0.25) is 0 Å². The van der Waals surface area contributed by atoms with E-state index < -0.39 is 0 Å². The van der Waals surface area contributed by atoms with E-state index in [4.69, 9.17) is 10.5 Å². The standard InChI is InChI=1S/C16H32N2O/c1-4-5-15-10-16(12-17,8-9-19-15)18(13(2)3)11-14-6-7-14/h13-15H,4-12,17H2,1-3H3. The summed E-state index contributed by atoms with van der Waals surface area (Å²) < 4.78 is 5.94. The van der Waals surface area contributed by atoms with Crippen LogP contribution in [-0.2, 0) is 4.74 Å². The van der Waals surface area contributed by atoms with Gasteiger partial charge in [-0.25, -0.2) is 0 Å². The zero-order chi connectivity index (χ0) is 13.9. The van der Waals surface area contributed by atoms with Gasteiger partial charge in [0.05, 0.1) is 6.10 Å². The van der Waals surface area contributed by atoms with Gasteiger partial charge in [-0.05, 0) is 51.9 Å². The first-order valence-corrected chi connectivity index (χ1v) is 8.19. The van der Waals surface area contributed by atoms with Gasteiger partial charge in [0.2, 0.25) is 0 Å². The van der Waals surface area contributed by atoms with Crippen LogP contribution in [0.4, 0.5) is 0 Å². The molecule has 2 atom stereocenters. The third-order valence-corrected chi connectivity index (χ3v) is 4.90. The summed E-state index contributed by atoms with van der Waals surface area (Å²) in [6.07, 6.45) is 7.86. The van der Waals surface area contributed by atoms with E-state index in [1.165, 1.54) is 32.2 Å². The summed E-state index contributed by atoms with van der Waals surface area (Å²) in [5.41, 5.74) is 6.42. The monoisotopic (exact) mass is 268 g/mol. The Kier molecular flexibility index (Phi) is 5.27. The third-order valence-electron chi connectivity index (χ3n) is 4.90. The quantitative estimate of drug-likeness (QED) is 0.771. The molecule has 0 aromatic heterocycles. The summed E-state index contributed by atoms with van der Waals surface area (Å²) in [6.45, 7) is 9.80. The SMILES string of the molecule is CCCC1CC(CN)(N(CC2CC2)C(C)C)CCO1. The first kappa shape index (κ1) is 15.3. The van der Waals surface area contributed by atoms with Crippen LogP contribution in [0.25, 0.3) is 0 Å². The van der Waals surface area contributed by atoms with E-state index in [0.717, 1.165) is 31.9 Å². The summed E-state index contributed by atoms with van der Waals surface area (Å²) in [6, 6.07) is 0.588. The fraction of sp³-hybridized carbons (Fsp3) is 1.00. The van der Waals surface area contributed by atoms with Gasteiger partial charge in [-0.2, -0.15) is 0 Å². The van der Waals surface area contributed by atoms with Gasteiger partial charge in [-0.1, -0.05) is 13.3 Å². The minimum atomic E-state index is 0.189. The lowest BCUT2D eigenvalue weighted by Crippen LogP contribution is -2.61. The van der Waals surface area contributed by atoms with Gasteiger partial charge >= 0.3 is 0 Å². The van der Waals surface area contributed by atoms with Crippen molar-refractivity contribution in [2.45, 2.75) is 77.0 Å². The van der Waals surface area contributed by atoms with E-state index >= 15 is 0 Å². The molecule has 2 rings (SSSR count). The highest BCUT2D eigenvalue weighted by molar-refractivity contribution is 4.99. The maximum Gasteiger partial charge on any atom is 0.0593 e. The fourth-order valence-electron chi connectivity index (χ4n) is 3.60. The molecule has 0 bridgehead atoms. The second kappa shape index (κ2) is 6.55. The van der Waals surface area contributed by atoms with Crippen LogP contribution in [0.15, 0.2) is 0 Å². The van der Waals surface area contributed by atoms with Gasteiger partial charge in [-0.3, -0.25) is 4.90 Å². The zero-order valence-electron chi connectivity index (χ0n) is 13.0. The Morgan fingerprint density at radius 1 is 1.37 bits per heavy atom. The van der Waals surface area contributed by atoms with E-state index in [2.05, 4.69) is 25.7 Å². The van der Waals surface area contributed by atoms with E-state index in [1.54, 1.807) is 0 Å². The maximum absolute atomic E-state index is 6.23. The van der Waals surface area contributed by atoms with Crippen LogP contribution in [0.5, 0.6) is 0 Å². The van der Waals surface area contributed by atoms with Crippen molar-refractivity contribution in [3.8, 4) is 0 Å². The lowest BCUT2D eigenvalue weighted by Gasteiger charge is -2.50. The second-order valence-corrected chi connectivity index (χ2v) is 6.85. The van der Waals surface area contributed by atoms with Crippen molar-refractivity contribution >= 4 is 0 Å². The van der Waals surface area contributed by atoms with Crippen molar-refractivity contribution in [2.24, 2.45) is 11.7 Å². The maximum atomic E-state index is 6.23. The molecule has 2 aliphatic rings. The molecule has 3 heteroatoms. The van der Waals surface area contributed by atoms with Crippen molar-refractivity contribution in [2.75, 3.05) is 19.7 Å². The van der Waals surface area contributed by atoms with Gasteiger partial charge in [0.1, 0.15) is 0 Å². The normalized spacial score (nSPS) is 32.2. The van der Waals surface area contributed by atoms with E-state index in [9.17, 15) is 0 Å². The van der Waals surface area contributed by atoms with Crippen LogP contribution < -0.4 is 5.73 Å². The minimum Gasteiger partial charge on any atom is -0.378 e. The van der Waals surface area contributed by atoms with Crippen molar-refractivity contribution in [1.82, 2.24) is 4.90 Å². The van der Waals surface area contributed by atoms with Gasteiger partial charge in [-0.15, -0.1) is 0 Å². The number of ether oxygens (including phenoxy) is 1. The number of hydrogen-bond acceptors (Lipinski definition) is 3. The Bertz CT molecular complexity index is 276. The number of hydrogen-bond donors (Lipinski definition) is 1. The number of nitrogens with two attached hydrogens (primary N) is 1. The summed E-state index contributed by atoms with van der Waals surface area (Å²) in [5.74, 6) is 0.929. The molecule has 0 aromatic rings. The number of rotatable bonds is 7. The molecule has 2 fully saturated rings. The van der Waals surface area contributed by atoms with E-state index in [-0.39, 0.29) is 5.54 Å². The van der Waals surface area contributed by atoms with Crippen LogP contribution in [0.3, 0.4) is 0 Å². The van der Waals surface area contributed by atoms with Gasteiger partial charge in [0.15, 0.2) is 0 Å². The van der Waals surface area contributed by atoms with Gasteiger partial charge in [0.25, 0.3) is 0 Å². The molecule has 1 aliphatic carbocycles. The fourth-order valence-corrected chi connectivity index (χ4v) is 3.60. The summed E-state index contributed by atoms with van der Waals surface area (Å²) in [5, 5.41) is 0. The van der Waals surface area contributed by atoms with Crippen molar-refractivity contribution in [1.29, 1.82) is 0 Å². The van der Waals surface area contributed by atoms with Crippen molar-refractivity contribution < 1.29 is 4.74 Å². The van der Waals surface area contributed by atoms with E-state index in [1.807, 2.05) is 0 Å². The largest absolute Gasteiger partial charge is 0.378 e.